The molecule has 1 amide bonds. The summed E-state index contributed by atoms with van der Waals surface area (Å²) in [5.41, 5.74) is 1.00. The maximum absolute atomic E-state index is 12.3. The van der Waals surface area contributed by atoms with E-state index < -0.39 is 0 Å². The van der Waals surface area contributed by atoms with E-state index in [1.165, 1.54) is 11.3 Å². The van der Waals surface area contributed by atoms with Crippen LogP contribution in [0.1, 0.15) is 15.2 Å². The highest BCUT2D eigenvalue weighted by atomic mass is 35.5. The molecule has 0 unspecified atom stereocenters. The zero-order chi connectivity index (χ0) is 15.9. The number of methoxy groups -OCH3 is 2. The molecule has 0 aliphatic rings. The molecule has 0 atom stereocenters. The van der Waals surface area contributed by atoms with E-state index >= 15 is 0 Å². The Kier molecular flexibility index (Phi) is 8.33. The second-order valence-corrected chi connectivity index (χ2v) is 5.97. The van der Waals surface area contributed by atoms with Gasteiger partial charge in [0.15, 0.2) is 0 Å². The predicted octanol–water partition coefficient (Wildman–Crippen LogP) is 2.61. The molecule has 0 bridgehead atoms. The van der Waals surface area contributed by atoms with E-state index in [4.69, 9.17) is 9.47 Å². The average molecular weight is 359 g/mol. The molecule has 0 spiro atoms. The summed E-state index contributed by atoms with van der Waals surface area (Å²) in [5, 5.41) is 7.22. The molecule has 0 radical (unpaired) electrons. The third-order valence-corrected chi connectivity index (χ3v) is 4.69. The van der Waals surface area contributed by atoms with Crippen molar-refractivity contribution in [2.24, 2.45) is 0 Å². The van der Waals surface area contributed by atoms with Crippen LogP contribution in [0.2, 0.25) is 0 Å². The van der Waals surface area contributed by atoms with E-state index in [-0.39, 0.29) is 18.3 Å². The molecule has 2 aromatic rings. The number of halogens is 1. The number of ether oxygens (including phenoxy) is 2. The quantitative estimate of drug-likeness (QED) is 0.712. The van der Waals surface area contributed by atoms with E-state index in [0.717, 1.165) is 39.4 Å². The first kappa shape index (κ1) is 19.7. The fraction of sp³-hybridized carbons (Fsp3) is 0.438. The number of rotatable bonds is 8. The highest BCUT2D eigenvalue weighted by Crippen LogP contribution is 2.33. The molecule has 1 aromatic carbocycles. The van der Waals surface area contributed by atoms with Crippen molar-refractivity contribution in [2.75, 3.05) is 40.5 Å². The van der Waals surface area contributed by atoms with Gasteiger partial charge in [-0.25, -0.2) is 0 Å². The van der Waals surface area contributed by atoms with Crippen LogP contribution in [-0.4, -0.2) is 46.4 Å². The normalized spacial score (nSPS) is 10.4. The zero-order valence-corrected chi connectivity index (χ0v) is 15.2. The van der Waals surface area contributed by atoms with Gasteiger partial charge in [0, 0.05) is 31.4 Å². The van der Waals surface area contributed by atoms with E-state index in [1.54, 1.807) is 14.2 Å². The molecule has 23 heavy (non-hydrogen) atoms. The molecular weight excluding hydrogens is 336 g/mol. The van der Waals surface area contributed by atoms with Crippen molar-refractivity contribution in [2.45, 2.75) is 6.92 Å². The number of carbonyl (C=O) groups is 1. The summed E-state index contributed by atoms with van der Waals surface area (Å²) in [6.07, 6.45) is 0. The third kappa shape index (κ3) is 5.07. The molecule has 0 fully saturated rings. The zero-order valence-electron chi connectivity index (χ0n) is 13.6. The Balaban J connectivity index is 0.00000264. The van der Waals surface area contributed by atoms with Crippen molar-refractivity contribution < 1.29 is 14.3 Å². The van der Waals surface area contributed by atoms with Crippen molar-refractivity contribution in [3.8, 4) is 5.75 Å². The van der Waals surface area contributed by atoms with Crippen LogP contribution in [-0.2, 0) is 4.74 Å². The maximum Gasteiger partial charge on any atom is 0.261 e. The van der Waals surface area contributed by atoms with Crippen LogP contribution >= 0.6 is 23.7 Å². The molecule has 0 aliphatic heterocycles. The Morgan fingerprint density at radius 1 is 1.22 bits per heavy atom. The third-order valence-electron chi connectivity index (χ3n) is 3.42. The summed E-state index contributed by atoms with van der Waals surface area (Å²) in [6.45, 7) is 4.76. The number of hydrogen-bond donors (Lipinski definition) is 2. The van der Waals surface area contributed by atoms with Gasteiger partial charge in [-0.1, -0.05) is 0 Å². The Labute approximate surface area is 146 Å². The number of benzene rings is 1. The lowest BCUT2D eigenvalue weighted by molar-refractivity contribution is 0.0957. The molecule has 0 saturated heterocycles. The maximum atomic E-state index is 12.3. The number of fused-ring (bicyclic) bond motifs is 1. The summed E-state index contributed by atoms with van der Waals surface area (Å²) >= 11 is 1.52. The lowest BCUT2D eigenvalue weighted by atomic mass is 10.1. The fourth-order valence-corrected chi connectivity index (χ4v) is 3.29. The van der Waals surface area contributed by atoms with E-state index in [2.05, 4.69) is 10.6 Å². The first-order valence-corrected chi connectivity index (χ1v) is 8.04. The number of thiophene rings is 1. The van der Waals surface area contributed by atoms with Crippen LogP contribution in [0.25, 0.3) is 10.1 Å². The fourth-order valence-electron chi connectivity index (χ4n) is 2.19. The highest BCUT2D eigenvalue weighted by Gasteiger charge is 2.15. The van der Waals surface area contributed by atoms with E-state index in [1.807, 2.05) is 25.1 Å². The predicted molar refractivity (Wildman–Crippen MR) is 97.4 cm³/mol. The smallest absolute Gasteiger partial charge is 0.261 e. The second kappa shape index (κ2) is 9.72. The van der Waals surface area contributed by atoms with Gasteiger partial charge in [0.05, 0.1) is 18.6 Å². The van der Waals surface area contributed by atoms with Gasteiger partial charge in [-0.2, -0.15) is 0 Å². The Morgan fingerprint density at radius 3 is 2.70 bits per heavy atom. The molecule has 128 valence electrons. The number of amides is 1. The van der Waals surface area contributed by atoms with Gasteiger partial charge in [-0.3, -0.25) is 4.79 Å². The van der Waals surface area contributed by atoms with Crippen LogP contribution in [0, 0.1) is 6.92 Å². The van der Waals surface area contributed by atoms with Gasteiger partial charge in [0.25, 0.3) is 5.91 Å². The molecule has 7 heteroatoms. The second-order valence-electron chi connectivity index (χ2n) is 4.92. The molecule has 0 aliphatic carbocycles. The first-order chi connectivity index (χ1) is 10.7. The van der Waals surface area contributed by atoms with Crippen LogP contribution in [0.5, 0.6) is 5.75 Å². The van der Waals surface area contributed by atoms with Gasteiger partial charge in [-0.15, -0.1) is 23.7 Å². The number of carbonyl (C=O) groups excluding carboxylic acids is 1. The van der Waals surface area contributed by atoms with Gasteiger partial charge >= 0.3 is 0 Å². The molecular formula is C16H23ClN2O3S. The van der Waals surface area contributed by atoms with E-state index in [0.29, 0.717) is 13.2 Å². The SMILES string of the molecule is COCCNCCNC(=O)c1sc2ccc(OC)cc2c1C.Cl. The van der Waals surface area contributed by atoms with Crippen LogP contribution in [0.3, 0.4) is 0 Å². The van der Waals surface area contributed by atoms with E-state index in [9.17, 15) is 4.79 Å². The topological polar surface area (TPSA) is 59.6 Å². The van der Waals surface area contributed by atoms with Gasteiger partial charge in [0.1, 0.15) is 5.75 Å². The summed E-state index contributed by atoms with van der Waals surface area (Å²) in [6, 6.07) is 5.89. The number of nitrogens with one attached hydrogen (secondary N) is 2. The Bertz CT molecular complexity index is 646. The minimum absolute atomic E-state index is 0. The number of aryl methyl sites for hydroxylation is 1. The lowest BCUT2D eigenvalue weighted by Crippen LogP contribution is -2.32. The monoisotopic (exact) mass is 358 g/mol. The largest absolute Gasteiger partial charge is 0.497 e. The van der Waals surface area contributed by atoms with Crippen molar-refractivity contribution in [1.82, 2.24) is 10.6 Å². The first-order valence-electron chi connectivity index (χ1n) is 7.22. The van der Waals surface area contributed by atoms with Crippen LogP contribution in [0.15, 0.2) is 18.2 Å². The van der Waals surface area contributed by atoms with Gasteiger partial charge < -0.3 is 20.1 Å². The molecule has 2 N–H and O–H groups in total. The molecule has 1 heterocycles. The van der Waals surface area contributed by atoms with Crippen LogP contribution < -0.4 is 15.4 Å². The average Bonchev–Trinajstić information content (AvgIpc) is 2.87. The molecule has 2 rings (SSSR count). The Hall–Kier alpha value is -1.34. The highest BCUT2D eigenvalue weighted by molar-refractivity contribution is 7.21. The minimum atomic E-state index is -0.0220. The summed E-state index contributed by atoms with van der Waals surface area (Å²) in [7, 11) is 3.32. The van der Waals surface area contributed by atoms with Crippen molar-refractivity contribution in [3.63, 3.8) is 0 Å². The summed E-state index contributed by atoms with van der Waals surface area (Å²) in [5.74, 6) is 0.786. The van der Waals surface area contributed by atoms with Crippen molar-refractivity contribution in [1.29, 1.82) is 0 Å². The van der Waals surface area contributed by atoms with Crippen molar-refractivity contribution >= 4 is 39.7 Å². The van der Waals surface area contributed by atoms with Crippen molar-refractivity contribution in [3.05, 3.63) is 28.6 Å². The minimum Gasteiger partial charge on any atom is -0.497 e. The lowest BCUT2D eigenvalue weighted by Gasteiger charge is -2.06. The molecule has 1 aromatic heterocycles. The Morgan fingerprint density at radius 2 is 2.00 bits per heavy atom. The number of hydrogen-bond acceptors (Lipinski definition) is 5. The van der Waals surface area contributed by atoms with Gasteiger partial charge in [-0.05, 0) is 36.1 Å². The van der Waals surface area contributed by atoms with Gasteiger partial charge in [0.2, 0.25) is 0 Å². The molecule has 5 nitrogen and oxygen atoms in total. The standard InChI is InChI=1S/C16H22N2O3S.ClH/c1-11-13-10-12(21-3)4-5-14(13)22-15(11)16(19)18-7-6-17-8-9-20-2;/h4-5,10,17H,6-9H2,1-3H3,(H,18,19);1H. The van der Waals surface area contributed by atoms with Crippen LogP contribution in [0.4, 0.5) is 0 Å². The molecule has 0 saturated carbocycles. The summed E-state index contributed by atoms with van der Waals surface area (Å²) in [4.78, 5) is 13.1. The summed E-state index contributed by atoms with van der Waals surface area (Å²) < 4.78 is 11.3.